The number of fused-ring (bicyclic) bond motifs is 3. The van der Waals surface area contributed by atoms with Gasteiger partial charge in [-0.2, -0.15) is 0 Å². The first kappa shape index (κ1) is 14.3. The third kappa shape index (κ3) is 2.68. The number of aromatic nitrogens is 1. The lowest BCUT2D eigenvalue weighted by molar-refractivity contribution is 0.452. The van der Waals surface area contributed by atoms with Crippen molar-refractivity contribution in [1.29, 1.82) is 0 Å². The van der Waals surface area contributed by atoms with Crippen LogP contribution in [0.4, 0.5) is 0 Å². The number of aryl methyl sites for hydroxylation is 1. The monoisotopic (exact) mass is 402 g/mol. The first-order valence-electron chi connectivity index (χ1n) is 7.88. The smallest absolute Gasteiger partial charge is 0.0478 e. The molecule has 4 rings (SSSR count). The molecule has 0 amide bonds. The average Bonchev–Trinajstić information content (AvgIpc) is 2.92. The topological polar surface area (TPSA) is 27.8 Å². The van der Waals surface area contributed by atoms with Gasteiger partial charge in [-0.1, -0.05) is 30.3 Å². The average molecular weight is 402 g/mol. The zero-order valence-electron chi connectivity index (χ0n) is 12.4. The van der Waals surface area contributed by atoms with Crippen molar-refractivity contribution in [1.82, 2.24) is 10.3 Å². The molecule has 0 saturated heterocycles. The second-order valence-electron chi connectivity index (χ2n) is 6.02. The highest BCUT2D eigenvalue weighted by Crippen LogP contribution is 2.35. The zero-order valence-corrected chi connectivity index (χ0v) is 14.6. The van der Waals surface area contributed by atoms with E-state index in [2.05, 4.69) is 81.4 Å². The predicted molar refractivity (Wildman–Crippen MR) is 100.0 cm³/mol. The van der Waals surface area contributed by atoms with Crippen LogP contribution >= 0.6 is 22.6 Å². The van der Waals surface area contributed by atoms with E-state index in [-0.39, 0.29) is 0 Å². The Morgan fingerprint density at radius 1 is 1.14 bits per heavy atom. The van der Waals surface area contributed by atoms with Gasteiger partial charge in [0.1, 0.15) is 0 Å². The van der Waals surface area contributed by atoms with Crippen LogP contribution in [-0.2, 0) is 13.0 Å². The normalized spacial score (nSPS) is 17.6. The lowest BCUT2D eigenvalue weighted by Crippen LogP contribution is -2.24. The van der Waals surface area contributed by atoms with Crippen molar-refractivity contribution in [2.24, 2.45) is 0 Å². The number of nitrogens with one attached hydrogen (secondary N) is 2. The van der Waals surface area contributed by atoms with E-state index in [1.54, 1.807) is 0 Å². The van der Waals surface area contributed by atoms with E-state index in [4.69, 9.17) is 0 Å². The Morgan fingerprint density at radius 2 is 2.00 bits per heavy atom. The summed E-state index contributed by atoms with van der Waals surface area (Å²) in [5, 5.41) is 5.15. The van der Waals surface area contributed by atoms with Crippen LogP contribution in [0.1, 0.15) is 35.7 Å². The van der Waals surface area contributed by atoms with Crippen LogP contribution in [0.15, 0.2) is 48.5 Å². The summed E-state index contributed by atoms with van der Waals surface area (Å²) in [6, 6.07) is 17.8. The number of H-pyrrole nitrogens is 1. The van der Waals surface area contributed by atoms with Crippen molar-refractivity contribution in [2.45, 2.75) is 31.8 Å². The molecule has 2 nitrogen and oxygen atoms in total. The van der Waals surface area contributed by atoms with Gasteiger partial charge in [-0.25, -0.2) is 0 Å². The van der Waals surface area contributed by atoms with Crippen LogP contribution in [0.3, 0.4) is 0 Å². The lowest BCUT2D eigenvalue weighted by atomic mass is 9.91. The lowest BCUT2D eigenvalue weighted by Gasteiger charge is -2.24. The minimum atomic E-state index is 0.439. The highest BCUT2D eigenvalue weighted by atomic mass is 127. The first-order chi connectivity index (χ1) is 10.8. The van der Waals surface area contributed by atoms with Gasteiger partial charge in [0.2, 0.25) is 0 Å². The molecule has 3 heteroatoms. The van der Waals surface area contributed by atoms with Crippen LogP contribution in [0.5, 0.6) is 0 Å². The molecular formula is C19H19IN2. The molecule has 1 atom stereocenters. The van der Waals surface area contributed by atoms with Gasteiger partial charge in [-0.15, -0.1) is 0 Å². The molecule has 0 bridgehead atoms. The van der Waals surface area contributed by atoms with Crippen molar-refractivity contribution in [2.75, 3.05) is 0 Å². The molecule has 2 N–H and O–H groups in total. The molecule has 0 fully saturated rings. The van der Waals surface area contributed by atoms with Crippen molar-refractivity contribution in [3.05, 3.63) is 68.9 Å². The third-order valence-electron chi connectivity index (χ3n) is 4.56. The van der Waals surface area contributed by atoms with E-state index in [0.29, 0.717) is 6.04 Å². The maximum Gasteiger partial charge on any atom is 0.0478 e. The number of hydrogen-bond acceptors (Lipinski definition) is 1. The molecule has 1 aliphatic rings. The number of benzene rings is 2. The van der Waals surface area contributed by atoms with E-state index in [0.717, 1.165) is 6.54 Å². The van der Waals surface area contributed by atoms with Crippen LogP contribution < -0.4 is 5.32 Å². The maximum absolute atomic E-state index is 3.74. The van der Waals surface area contributed by atoms with Gasteiger partial charge in [0.25, 0.3) is 0 Å². The third-order valence-corrected chi connectivity index (χ3v) is 5.24. The van der Waals surface area contributed by atoms with E-state index in [1.807, 2.05) is 0 Å². The fourth-order valence-electron chi connectivity index (χ4n) is 3.48. The number of rotatable bonds is 3. The van der Waals surface area contributed by atoms with E-state index >= 15 is 0 Å². The predicted octanol–water partition coefficient (Wildman–Crippen LogP) is 4.94. The minimum Gasteiger partial charge on any atom is -0.357 e. The fourth-order valence-corrected chi connectivity index (χ4v) is 3.97. The quantitative estimate of drug-likeness (QED) is 0.597. The van der Waals surface area contributed by atoms with Gasteiger partial charge in [0.05, 0.1) is 0 Å². The molecule has 0 saturated carbocycles. The molecule has 1 heterocycles. The molecule has 0 aliphatic heterocycles. The number of halogens is 1. The second-order valence-corrected chi connectivity index (χ2v) is 7.26. The van der Waals surface area contributed by atoms with Gasteiger partial charge in [-0.3, -0.25) is 0 Å². The standard InChI is InChI=1S/C19H19IN2/c20-14-9-10-17-16(11-14)15-7-4-8-18(19(15)22-17)21-12-13-5-2-1-3-6-13/h1-3,5-6,9-11,18,21-22H,4,7-8,12H2. The Balaban J connectivity index is 1.63. The molecule has 0 radical (unpaired) electrons. The fraction of sp³-hybridized carbons (Fsp3) is 0.263. The van der Waals surface area contributed by atoms with Gasteiger partial charge in [0.15, 0.2) is 0 Å². The molecule has 1 aliphatic carbocycles. The highest BCUT2D eigenvalue weighted by molar-refractivity contribution is 14.1. The summed E-state index contributed by atoms with van der Waals surface area (Å²) in [6.07, 6.45) is 3.67. The summed E-state index contributed by atoms with van der Waals surface area (Å²) in [6.45, 7) is 0.928. The molecular weight excluding hydrogens is 383 g/mol. The van der Waals surface area contributed by atoms with Crippen LogP contribution in [0.2, 0.25) is 0 Å². The van der Waals surface area contributed by atoms with Crippen molar-refractivity contribution >= 4 is 33.5 Å². The summed E-state index contributed by atoms with van der Waals surface area (Å²) in [5.74, 6) is 0. The van der Waals surface area contributed by atoms with Crippen LogP contribution in [0.25, 0.3) is 10.9 Å². The van der Waals surface area contributed by atoms with Crippen molar-refractivity contribution < 1.29 is 0 Å². The summed E-state index contributed by atoms with van der Waals surface area (Å²) in [5.41, 5.74) is 5.55. The largest absolute Gasteiger partial charge is 0.357 e. The van der Waals surface area contributed by atoms with E-state index in [1.165, 1.54) is 50.6 Å². The first-order valence-corrected chi connectivity index (χ1v) is 8.96. The molecule has 2 aromatic carbocycles. The summed E-state index contributed by atoms with van der Waals surface area (Å²) < 4.78 is 1.31. The summed E-state index contributed by atoms with van der Waals surface area (Å²) in [7, 11) is 0. The Hall–Kier alpha value is -1.33. The maximum atomic E-state index is 3.74. The molecule has 0 spiro atoms. The Bertz CT molecular complexity index is 792. The minimum absolute atomic E-state index is 0.439. The van der Waals surface area contributed by atoms with Gasteiger partial charge >= 0.3 is 0 Å². The SMILES string of the molecule is Ic1ccc2[nH]c3c(c2c1)CCCC3NCc1ccccc1. The molecule has 112 valence electrons. The van der Waals surface area contributed by atoms with Gasteiger partial charge in [-0.05, 0) is 71.2 Å². The summed E-state index contributed by atoms with van der Waals surface area (Å²) >= 11 is 2.40. The van der Waals surface area contributed by atoms with Gasteiger partial charge < -0.3 is 10.3 Å². The number of hydrogen-bond donors (Lipinski definition) is 2. The van der Waals surface area contributed by atoms with E-state index in [9.17, 15) is 0 Å². The molecule has 22 heavy (non-hydrogen) atoms. The Kier molecular flexibility index (Phi) is 3.92. The second kappa shape index (κ2) is 6.05. The molecule has 3 aromatic rings. The summed E-state index contributed by atoms with van der Waals surface area (Å²) in [4.78, 5) is 3.66. The molecule has 1 unspecified atom stereocenters. The highest BCUT2D eigenvalue weighted by Gasteiger charge is 2.23. The van der Waals surface area contributed by atoms with Crippen LogP contribution in [0, 0.1) is 3.57 Å². The Labute approximate surface area is 144 Å². The number of aromatic amines is 1. The van der Waals surface area contributed by atoms with Gasteiger partial charge in [0, 0.05) is 32.8 Å². The van der Waals surface area contributed by atoms with Crippen molar-refractivity contribution in [3.63, 3.8) is 0 Å². The van der Waals surface area contributed by atoms with E-state index < -0.39 is 0 Å². The Morgan fingerprint density at radius 3 is 2.86 bits per heavy atom. The molecule has 1 aromatic heterocycles. The van der Waals surface area contributed by atoms with Crippen molar-refractivity contribution in [3.8, 4) is 0 Å². The zero-order chi connectivity index (χ0) is 14.9. The van der Waals surface area contributed by atoms with Crippen LogP contribution in [-0.4, -0.2) is 4.98 Å².